The van der Waals surface area contributed by atoms with Crippen molar-refractivity contribution in [2.45, 2.75) is 73.1 Å². The van der Waals surface area contributed by atoms with Gasteiger partial charge in [-0.1, -0.05) is 33.3 Å². The lowest BCUT2D eigenvalue weighted by atomic mass is 10.0. The van der Waals surface area contributed by atoms with Crippen molar-refractivity contribution in [2.75, 3.05) is 6.61 Å². The van der Waals surface area contributed by atoms with Gasteiger partial charge in [-0.3, -0.25) is 4.79 Å². The first-order valence-corrected chi connectivity index (χ1v) is 11.6. The Labute approximate surface area is 200 Å². The Morgan fingerprint density at radius 1 is 1.21 bits per heavy atom. The number of ether oxygens (including phenoxy) is 2. The van der Waals surface area contributed by atoms with Crippen LogP contribution in [0.4, 0.5) is 4.79 Å². The highest BCUT2D eigenvalue weighted by molar-refractivity contribution is 5.92. The zero-order valence-electron chi connectivity index (χ0n) is 20.9. The monoisotopic (exact) mass is 472 g/mol. The number of aromatic nitrogens is 1. The number of fused-ring (bicyclic) bond motifs is 1. The number of carbonyl (C=O) groups excluding carboxylic acids is 1. The highest BCUT2D eigenvalue weighted by atomic mass is 16.6. The van der Waals surface area contributed by atoms with E-state index in [0.717, 1.165) is 18.9 Å². The highest BCUT2D eigenvalue weighted by Crippen LogP contribution is 2.30. The van der Waals surface area contributed by atoms with E-state index >= 15 is 0 Å². The second kappa shape index (κ2) is 11.7. The zero-order valence-corrected chi connectivity index (χ0v) is 20.9. The van der Waals surface area contributed by atoms with Gasteiger partial charge in [0.05, 0.1) is 24.2 Å². The predicted molar refractivity (Wildman–Crippen MR) is 133 cm³/mol. The van der Waals surface area contributed by atoms with Crippen LogP contribution in [0.5, 0.6) is 5.75 Å². The molecule has 1 aromatic carbocycles. The van der Waals surface area contributed by atoms with Crippen LogP contribution >= 0.6 is 0 Å². The Morgan fingerprint density at radius 3 is 2.50 bits per heavy atom. The Hall–Kier alpha value is -3.29. The molecule has 0 unspecified atom stereocenters. The molecule has 1 amide bonds. The van der Waals surface area contributed by atoms with E-state index in [1.165, 1.54) is 6.08 Å². The molecule has 34 heavy (non-hydrogen) atoms. The summed E-state index contributed by atoms with van der Waals surface area (Å²) in [6, 6.07) is 5.14. The number of amides is 1. The van der Waals surface area contributed by atoms with Crippen molar-refractivity contribution in [3.05, 3.63) is 45.9 Å². The molecule has 0 radical (unpaired) electrons. The number of unbranched alkanes of at least 4 members (excludes halogenated alkanes) is 1. The smallest absolute Gasteiger partial charge is 0.407 e. The van der Waals surface area contributed by atoms with Gasteiger partial charge in [0.25, 0.3) is 5.56 Å². The molecule has 2 N–H and O–H groups in total. The van der Waals surface area contributed by atoms with E-state index in [4.69, 9.17) is 14.6 Å². The number of rotatable bonds is 10. The molecule has 0 fully saturated rings. The summed E-state index contributed by atoms with van der Waals surface area (Å²) in [5, 5.41) is 12.8. The molecule has 2 aromatic rings. The molecule has 186 valence electrons. The van der Waals surface area contributed by atoms with Gasteiger partial charge in [0.2, 0.25) is 0 Å². The zero-order chi connectivity index (χ0) is 25.5. The van der Waals surface area contributed by atoms with Gasteiger partial charge < -0.3 is 24.5 Å². The molecular formula is C26H36N2O6. The Balaban J connectivity index is 2.68. The third-order valence-electron chi connectivity index (χ3n) is 4.86. The summed E-state index contributed by atoms with van der Waals surface area (Å²) >= 11 is 0. The van der Waals surface area contributed by atoms with Crippen LogP contribution in [0.25, 0.3) is 16.8 Å². The standard InChI is InChI=1S/C26H36N2O6/c1-7-8-13-33-23-20-14-18(10-12-22(29)30)9-11-19(20)24(31)28(16-17(2)3)21(23)15-27-25(32)34-26(4,5)6/h9-12,14,17H,7-8,13,15-16H2,1-6H3,(H,27,32)(H,29,30). The quantitative estimate of drug-likeness (QED) is 0.374. The maximum Gasteiger partial charge on any atom is 0.407 e. The van der Waals surface area contributed by atoms with Gasteiger partial charge >= 0.3 is 12.1 Å². The van der Waals surface area contributed by atoms with E-state index in [0.29, 0.717) is 40.9 Å². The molecule has 1 aromatic heterocycles. The fourth-order valence-electron chi connectivity index (χ4n) is 3.44. The number of nitrogens with one attached hydrogen (secondary N) is 1. The van der Waals surface area contributed by atoms with Gasteiger partial charge in [-0.15, -0.1) is 0 Å². The van der Waals surface area contributed by atoms with Crippen LogP contribution in [-0.4, -0.2) is 33.9 Å². The first-order valence-electron chi connectivity index (χ1n) is 11.6. The predicted octanol–water partition coefficient (Wildman–Crippen LogP) is 4.96. The molecule has 8 heteroatoms. The number of hydrogen-bond acceptors (Lipinski definition) is 5. The Bertz CT molecular complexity index is 1110. The number of nitrogens with zero attached hydrogens (tertiary/aromatic N) is 1. The topological polar surface area (TPSA) is 107 Å². The van der Waals surface area contributed by atoms with Gasteiger partial charge in [0, 0.05) is 18.0 Å². The number of hydrogen-bond donors (Lipinski definition) is 2. The molecule has 0 aliphatic rings. The minimum atomic E-state index is -1.06. The molecule has 8 nitrogen and oxygen atoms in total. The fourth-order valence-corrected chi connectivity index (χ4v) is 3.44. The molecule has 1 heterocycles. The van der Waals surface area contributed by atoms with Crippen molar-refractivity contribution in [1.82, 2.24) is 9.88 Å². The van der Waals surface area contributed by atoms with Crippen LogP contribution in [0.3, 0.4) is 0 Å². The second-order valence-corrected chi connectivity index (χ2v) is 9.62. The number of carboxylic acids is 1. The molecule has 0 atom stereocenters. The molecule has 0 spiro atoms. The number of carboxylic acid groups (broad SMARTS) is 1. The van der Waals surface area contributed by atoms with Crippen LogP contribution in [0.2, 0.25) is 0 Å². The summed E-state index contributed by atoms with van der Waals surface area (Å²) in [5.74, 6) is -0.379. The number of alkyl carbamates (subject to hydrolysis) is 1. The van der Waals surface area contributed by atoms with Crippen molar-refractivity contribution in [3.8, 4) is 5.75 Å². The lowest BCUT2D eigenvalue weighted by molar-refractivity contribution is -0.131. The van der Waals surface area contributed by atoms with E-state index in [-0.39, 0.29) is 18.0 Å². The molecule has 0 saturated heterocycles. The van der Waals surface area contributed by atoms with Crippen LogP contribution in [0.1, 0.15) is 65.6 Å². The average Bonchev–Trinajstić information content (AvgIpc) is 2.73. The first kappa shape index (κ1) is 27.0. The molecule has 2 rings (SSSR count). The number of carbonyl (C=O) groups is 2. The van der Waals surface area contributed by atoms with Crippen LogP contribution in [0, 0.1) is 5.92 Å². The lowest BCUT2D eigenvalue weighted by Gasteiger charge is -2.23. The van der Waals surface area contributed by atoms with E-state index in [1.54, 1.807) is 43.5 Å². The summed E-state index contributed by atoms with van der Waals surface area (Å²) in [6.45, 7) is 12.4. The number of pyridine rings is 1. The first-order chi connectivity index (χ1) is 15.9. The normalized spacial score (nSPS) is 11.9. The van der Waals surface area contributed by atoms with Crippen molar-refractivity contribution in [1.29, 1.82) is 0 Å². The molecular weight excluding hydrogens is 436 g/mol. The minimum absolute atomic E-state index is 0.0451. The summed E-state index contributed by atoms with van der Waals surface area (Å²) in [5.41, 5.74) is 0.327. The third-order valence-corrected chi connectivity index (χ3v) is 4.86. The van der Waals surface area contributed by atoms with Crippen molar-refractivity contribution < 1.29 is 24.2 Å². The third kappa shape index (κ3) is 7.64. The summed E-state index contributed by atoms with van der Waals surface area (Å²) in [4.78, 5) is 36.8. The van der Waals surface area contributed by atoms with Crippen molar-refractivity contribution in [2.24, 2.45) is 5.92 Å². The van der Waals surface area contributed by atoms with E-state index in [1.807, 2.05) is 13.8 Å². The van der Waals surface area contributed by atoms with E-state index in [2.05, 4.69) is 12.2 Å². The fraction of sp³-hybridized carbons (Fsp3) is 0.500. The van der Waals surface area contributed by atoms with Gasteiger partial charge in [-0.2, -0.15) is 0 Å². The summed E-state index contributed by atoms with van der Waals surface area (Å²) in [6.07, 6.45) is 3.68. The molecule has 0 aliphatic carbocycles. The maximum atomic E-state index is 13.5. The van der Waals surface area contributed by atoms with E-state index in [9.17, 15) is 14.4 Å². The number of benzene rings is 1. The Kier molecular flexibility index (Phi) is 9.29. The summed E-state index contributed by atoms with van der Waals surface area (Å²) in [7, 11) is 0. The van der Waals surface area contributed by atoms with Gasteiger partial charge in [0.1, 0.15) is 11.4 Å². The minimum Gasteiger partial charge on any atom is -0.491 e. The van der Waals surface area contributed by atoms with Crippen LogP contribution in [0.15, 0.2) is 29.1 Å². The second-order valence-electron chi connectivity index (χ2n) is 9.62. The lowest BCUT2D eigenvalue weighted by Crippen LogP contribution is -2.35. The van der Waals surface area contributed by atoms with Gasteiger partial charge in [0.15, 0.2) is 0 Å². The van der Waals surface area contributed by atoms with Crippen LogP contribution < -0.4 is 15.6 Å². The van der Waals surface area contributed by atoms with Crippen molar-refractivity contribution >= 4 is 28.9 Å². The SMILES string of the molecule is CCCCOc1c(CNC(=O)OC(C)(C)C)n(CC(C)C)c(=O)c2ccc(C=CC(=O)O)cc12. The highest BCUT2D eigenvalue weighted by Gasteiger charge is 2.21. The average molecular weight is 473 g/mol. The summed E-state index contributed by atoms with van der Waals surface area (Å²) < 4.78 is 13.2. The Morgan fingerprint density at radius 2 is 1.91 bits per heavy atom. The maximum absolute atomic E-state index is 13.5. The largest absolute Gasteiger partial charge is 0.491 e. The molecule has 0 aliphatic heterocycles. The van der Waals surface area contributed by atoms with Crippen molar-refractivity contribution in [3.63, 3.8) is 0 Å². The number of aliphatic carboxylic acids is 1. The van der Waals surface area contributed by atoms with Crippen LogP contribution in [-0.2, 0) is 22.6 Å². The molecule has 0 saturated carbocycles. The van der Waals surface area contributed by atoms with E-state index < -0.39 is 17.7 Å². The van der Waals surface area contributed by atoms with Gasteiger partial charge in [-0.25, -0.2) is 9.59 Å². The van der Waals surface area contributed by atoms with Gasteiger partial charge in [-0.05, 0) is 56.9 Å². The molecule has 0 bridgehead atoms.